The third-order valence-electron chi connectivity index (χ3n) is 7.37. The molecule has 0 unspecified atom stereocenters. The number of anilines is 1. The summed E-state index contributed by atoms with van der Waals surface area (Å²) in [7, 11) is 1.55. The van der Waals surface area contributed by atoms with E-state index in [0.717, 1.165) is 28.5 Å². The second-order valence-corrected chi connectivity index (χ2v) is 12.3. The lowest BCUT2D eigenvalue weighted by atomic mass is 10.1. The predicted octanol–water partition coefficient (Wildman–Crippen LogP) is 7.43. The van der Waals surface area contributed by atoms with Crippen molar-refractivity contribution in [1.82, 2.24) is 25.4 Å². The van der Waals surface area contributed by atoms with Crippen LogP contribution in [0.15, 0.2) is 102 Å². The Morgan fingerprint density at radius 2 is 1.58 bits per heavy atom. The number of carbonyl (C=O) groups is 3. The molecule has 0 aliphatic heterocycles. The first-order chi connectivity index (χ1) is 26.3. The summed E-state index contributed by atoms with van der Waals surface area (Å²) in [6.07, 6.45) is -4.17. The zero-order valence-corrected chi connectivity index (χ0v) is 30.4. The Bertz CT molecular complexity index is 2110. The second-order valence-electron chi connectivity index (χ2n) is 11.4. The lowest BCUT2D eigenvalue weighted by Crippen LogP contribution is -2.33. The molecule has 55 heavy (non-hydrogen) atoms. The van der Waals surface area contributed by atoms with E-state index in [0.29, 0.717) is 34.2 Å². The van der Waals surface area contributed by atoms with Gasteiger partial charge >= 0.3 is 24.5 Å². The molecule has 286 valence electrons. The number of amidine groups is 1. The number of nitrogens with one attached hydrogen (secondary N) is 3. The molecule has 0 aliphatic rings. The molecule has 0 saturated carbocycles. The Balaban J connectivity index is 1.18. The van der Waals surface area contributed by atoms with Gasteiger partial charge in [-0.25, -0.2) is 24.2 Å². The highest BCUT2D eigenvalue weighted by Crippen LogP contribution is 2.30. The number of thioether (sulfide) groups is 1. The Hall–Kier alpha value is -6.56. The van der Waals surface area contributed by atoms with Gasteiger partial charge in [0.2, 0.25) is 0 Å². The predicted molar refractivity (Wildman–Crippen MR) is 198 cm³/mol. The number of amides is 3. The van der Waals surface area contributed by atoms with Crippen LogP contribution in [-0.2, 0) is 20.9 Å². The van der Waals surface area contributed by atoms with Gasteiger partial charge in [-0.3, -0.25) is 10.1 Å². The normalized spacial score (nSPS) is 11.3. The molecule has 0 saturated heterocycles. The minimum absolute atomic E-state index is 0.0373. The van der Waals surface area contributed by atoms with Crippen molar-refractivity contribution in [2.45, 2.75) is 26.8 Å². The van der Waals surface area contributed by atoms with E-state index in [2.05, 4.69) is 35.8 Å². The summed E-state index contributed by atoms with van der Waals surface area (Å²) in [5, 5.41) is 12.2. The van der Waals surface area contributed by atoms with Gasteiger partial charge in [-0.05, 0) is 103 Å². The first-order valence-corrected chi connectivity index (χ1v) is 17.3. The molecule has 0 spiro atoms. The molecule has 3 amide bonds. The summed E-state index contributed by atoms with van der Waals surface area (Å²) in [6, 6.07) is 23.8. The van der Waals surface area contributed by atoms with Crippen molar-refractivity contribution in [1.29, 1.82) is 0 Å². The Labute approximate surface area is 317 Å². The van der Waals surface area contributed by atoms with Crippen LogP contribution in [0.5, 0.6) is 11.5 Å². The van der Waals surface area contributed by atoms with Gasteiger partial charge in [-0.15, -0.1) is 18.3 Å². The van der Waals surface area contributed by atoms with Crippen molar-refractivity contribution in [3.8, 4) is 28.6 Å². The maximum absolute atomic E-state index is 13.1. The summed E-state index contributed by atoms with van der Waals surface area (Å²) in [6.45, 7) is 3.27. The monoisotopic (exact) mass is 777 g/mol. The number of rotatable bonds is 12. The maximum Gasteiger partial charge on any atom is 0.573 e. The fraction of sp³-hybridized carbons (Fsp3) is 0.189. The van der Waals surface area contributed by atoms with Crippen LogP contribution in [-0.4, -0.2) is 64.0 Å². The van der Waals surface area contributed by atoms with E-state index in [1.165, 1.54) is 35.3 Å². The number of benzene rings is 4. The highest BCUT2D eigenvalue weighted by molar-refractivity contribution is 8.13. The molecular formula is C37H34F3N7O7S. The van der Waals surface area contributed by atoms with Crippen LogP contribution in [0.2, 0.25) is 0 Å². The van der Waals surface area contributed by atoms with Crippen LogP contribution in [0.4, 0.5) is 34.1 Å². The average Bonchev–Trinajstić information content (AvgIpc) is 3.65. The number of aryl methyl sites for hydroxylation is 2. The molecule has 1 aromatic heterocycles. The topological polar surface area (TPSA) is 167 Å². The van der Waals surface area contributed by atoms with E-state index >= 15 is 0 Å². The third-order valence-corrected chi connectivity index (χ3v) is 8.07. The molecular weight excluding hydrogens is 744 g/mol. The van der Waals surface area contributed by atoms with E-state index in [9.17, 15) is 27.6 Å². The lowest BCUT2D eigenvalue weighted by Gasteiger charge is -2.13. The van der Waals surface area contributed by atoms with Crippen molar-refractivity contribution in [3.63, 3.8) is 0 Å². The van der Waals surface area contributed by atoms with Crippen molar-refractivity contribution in [2.75, 3.05) is 24.9 Å². The van der Waals surface area contributed by atoms with Crippen molar-refractivity contribution < 1.29 is 46.5 Å². The number of aromatic nitrogens is 3. The van der Waals surface area contributed by atoms with Crippen LogP contribution in [0.25, 0.3) is 17.1 Å². The van der Waals surface area contributed by atoms with Crippen LogP contribution in [0.3, 0.4) is 0 Å². The van der Waals surface area contributed by atoms with Gasteiger partial charge < -0.3 is 29.6 Å². The number of aliphatic imine (C=N–C) groups is 1. The smallest absolute Gasteiger partial charge is 0.497 e. The largest absolute Gasteiger partial charge is 0.573 e. The number of carbonyl (C=O) groups excluding carboxylic acids is 3. The number of nitrogens with zero attached hydrogens (tertiary/aromatic N) is 4. The van der Waals surface area contributed by atoms with E-state index in [1.807, 2.05) is 32.0 Å². The average molecular weight is 778 g/mol. The standard InChI is InChI=1S/C37H34F3N7O7S/c1-23-17-30(51-3)18-24(2)32(23)44-35(55-22-53-31(48)19-41-36(50)52-20-25-7-5-4-6-8-25)45-34(49)43-27-11-9-26(10-12-27)33-42-21-47(46-33)28-13-15-29(16-14-28)54-37(38,39)40/h4-18,21H,19-20,22H2,1-3H3,(H,41,50)(H2,43,44,45,49). The van der Waals surface area contributed by atoms with E-state index in [1.54, 1.807) is 55.6 Å². The summed E-state index contributed by atoms with van der Waals surface area (Å²) < 4.78 is 58.4. The van der Waals surface area contributed by atoms with Gasteiger partial charge in [0.1, 0.15) is 36.9 Å². The quantitative estimate of drug-likeness (QED) is 0.0502. The molecule has 18 heteroatoms. The van der Waals surface area contributed by atoms with Gasteiger partial charge in [0.25, 0.3) is 0 Å². The zero-order chi connectivity index (χ0) is 39.4. The van der Waals surface area contributed by atoms with E-state index in [4.69, 9.17) is 14.2 Å². The molecule has 4 aromatic carbocycles. The van der Waals surface area contributed by atoms with Gasteiger partial charge in [0.05, 0.1) is 18.5 Å². The van der Waals surface area contributed by atoms with Crippen LogP contribution < -0.4 is 25.4 Å². The zero-order valence-electron chi connectivity index (χ0n) is 29.5. The van der Waals surface area contributed by atoms with E-state index in [-0.39, 0.29) is 23.5 Å². The SMILES string of the molecule is COc1cc(C)c(/N=C(\NC(=O)Nc2ccc(-c3ncn(-c4ccc(OC(F)(F)F)cc4)n3)cc2)SCOC(=O)CNC(=O)OCc2ccccc2)c(C)c1. The lowest BCUT2D eigenvalue weighted by molar-refractivity contribution is -0.274. The molecule has 3 N–H and O–H groups in total. The summed E-state index contributed by atoms with van der Waals surface area (Å²) in [4.78, 5) is 46.4. The molecule has 5 aromatic rings. The fourth-order valence-electron chi connectivity index (χ4n) is 4.81. The van der Waals surface area contributed by atoms with Crippen LogP contribution in [0, 0.1) is 13.8 Å². The Kier molecular flexibility index (Phi) is 13.3. The summed E-state index contributed by atoms with van der Waals surface area (Å²) >= 11 is 0.940. The van der Waals surface area contributed by atoms with E-state index < -0.39 is 31.0 Å². The molecule has 5 rings (SSSR count). The highest BCUT2D eigenvalue weighted by Gasteiger charge is 2.31. The van der Waals surface area contributed by atoms with Gasteiger partial charge in [0, 0.05) is 11.3 Å². The van der Waals surface area contributed by atoms with Gasteiger partial charge in [-0.1, -0.05) is 30.3 Å². The maximum atomic E-state index is 13.1. The molecule has 0 atom stereocenters. The van der Waals surface area contributed by atoms with Gasteiger partial charge in [-0.2, -0.15) is 0 Å². The highest BCUT2D eigenvalue weighted by atomic mass is 32.2. The van der Waals surface area contributed by atoms with Crippen molar-refractivity contribution >= 4 is 46.4 Å². The van der Waals surface area contributed by atoms with Gasteiger partial charge in [0.15, 0.2) is 11.0 Å². The van der Waals surface area contributed by atoms with Crippen molar-refractivity contribution in [2.24, 2.45) is 4.99 Å². The molecule has 0 bridgehead atoms. The second kappa shape index (κ2) is 18.5. The van der Waals surface area contributed by atoms with Crippen molar-refractivity contribution in [3.05, 3.63) is 114 Å². The van der Waals surface area contributed by atoms with Crippen LogP contribution >= 0.6 is 11.8 Å². The molecule has 0 fully saturated rings. The Morgan fingerprint density at radius 1 is 0.891 bits per heavy atom. The molecule has 14 nitrogen and oxygen atoms in total. The minimum Gasteiger partial charge on any atom is -0.497 e. The fourth-order valence-corrected chi connectivity index (χ4v) is 5.43. The van der Waals surface area contributed by atoms with Crippen LogP contribution in [0.1, 0.15) is 16.7 Å². The third kappa shape index (κ3) is 12.2. The summed E-state index contributed by atoms with van der Waals surface area (Å²) in [5.74, 6) is -0.378. The number of methoxy groups -OCH3 is 1. The molecule has 1 heterocycles. The first-order valence-electron chi connectivity index (χ1n) is 16.3. The number of alkyl halides is 3. The minimum atomic E-state index is -4.80. The number of halogens is 3. The number of hydrogen-bond acceptors (Lipinski definition) is 11. The summed E-state index contributed by atoms with van der Waals surface area (Å²) in [5.41, 5.74) is 4.38. The number of alkyl carbamates (subject to hydrolysis) is 1. The number of ether oxygens (including phenoxy) is 4. The first kappa shape index (κ1) is 39.6. The number of hydrogen-bond donors (Lipinski definition) is 3. The molecule has 0 aliphatic carbocycles. The number of esters is 1. The molecule has 0 radical (unpaired) electrons. The number of urea groups is 1. The Morgan fingerprint density at radius 3 is 2.24 bits per heavy atom.